The molecule has 0 saturated carbocycles. The van der Waals surface area contributed by atoms with Crippen molar-refractivity contribution in [2.75, 3.05) is 12.8 Å². The molecule has 0 aliphatic carbocycles. The van der Waals surface area contributed by atoms with Gasteiger partial charge in [-0.1, -0.05) is 39.0 Å². The summed E-state index contributed by atoms with van der Waals surface area (Å²) in [6.45, 7) is 9.01. The standard InChI is InChI=1S/C29H34N3O4S/c1-19-18-32(19,24-17-21(29(2,3)4)10-11-26(24)37(6,34)35)28(33)23-16-20-8-7-9-25(27(20)31(23)5)36-22-12-14-30-15-13-22/h7-17,19,28,33H,18H2,1-6H3/q+1/t19-,28?,32?/m1/s1. The van der Waals surface area contributed by atoms with Gasteiger partial charge in [0.1, 0.15) is 28.9 Å². The minimum Gasteiger partial charge on any atom is -0.455 e. The molecule has 7 nitrogen and oxygen atoms in total. The summed E-state index contributed by atoms with van der Waals surface area (Å²) in [5, 5.41) is 12.9. The Morgan fingerprint density at radius 1 is 1.11 bits per heavy atom. The smallest absolute Gasteiger partial charge is 0.238 e. The second-order valence-electron chi connectivity index (χ2n) is 11.1. The number of aliphatic hydroxyl groups is 1. The van der Waals surface area contributed by atoms with Crippen molar-refractivity contribution in [3.05, 3.63) is 78.2 Å². The van der Waals surface area contributed by atoms with Crippen LogP contribution in [-0.4, -0.2) is 41.9 Å². The van der Waals surface area contributed by atoms with Gasteiger partial charge in [0, 0.05) is 37.1 Å². The Hall–Kier alpha value is -3.20. The number of pyridine rings is 1. The number of hydrogen-bond acceptors (Lipinski definition) is 5. The summed E-state index contributed by atoms with van der Waals surface area (Å²) >= 11 is 0. The van der Waals surface area contributed by atoms with Gasteiger partial charge in [-0.2, -0.15) is 0 Å². The van der Waals surface area contributed by atoms with E-state index in [1.54, 1.807) is 30.6 Å². The highest BCUT2D eigenvalue weighted by Gasteiger charge is 2.61. The average Bonchev–Trinajstić information content (AvgIpc) is 3.40. The van der Waals surface area contributed by atoms with Crippen molar-refractivity contribution in [1.82, 2.24) is 14.0 Å². The molecule has 8 heteroatoms. The average molecular weight is 521 g/mol. The van der Waals surface area contributed by atoms with Crippen LogP contribution < -0.4 is 9.22 Å². The van der Waals surface area contributed by atoms with E-state index in [1.807, 2.05) is 48.0 Å². The topological polar surface area (TPSA) is 81.4 Å². The monoisotopic (exact) mass is 520 g/mol. The predicted molar refractivity (Wildman–Crippen MR) is 147 cm³/mol. The van der Waals surface area contributed by atoms with Crippen LogP contribution in [0.15, 0.2) is 71.9 Å². The van der Waals surface area contributed by atoms with Crippen LogP contribution >= 0.6 is 0 Å². The summed E-state index contributed by atoms with van der Waals surface area (Å²) < 4.78 is 34.0. The first-order valence-electron chi connectivity index (χ1n) is 12.4. The van der Waals surface area contributed by atoms with Crippen LogP contribution in [-0.2, 0) is 22.3 Å². The van der Waals surface area contributed by atoms with Crippen molar-refractivity contribution in [2.45, 2.75) is 50.3 Å². The maximum atomic E-state index is 12.9. The summed E-state index contributed by atoms with van der Waals surface area (Å²) in [4.78, 5) is 4.31. The molecule has 1 N–H and O–H groups in total. The normalized spacial score (nSPS) is 20.7. The van der Waals surface area contributed by atoms with Crippen LogP contribution in [0.4, 0.5) is 5.69 Å². The molecule has 0 bridgehead atoms. The highest BCUT2D eigenvalue weighted by atomic mass is 32.2. The fourth-order valence-electron chi connectivity index (χ4n) is 5.32. The summed E-state index contributed by atoms with van der Waals surface area (Å²) in [6.07, 6.45) is 3.63. The maximum absolute atomic E-state index is 12.9. The summed E-state index contributed by atoms with van der Waals surface area (Å²) in [7, 11) is -1.60. The van der Waals surface area contributed by atoms with Crippen molar-refractivity contribution in [2.24, 2.45) is 7.05 Å². The molecule has 0 spiro atoms. The van der Waals surface area contributed by atoms with E-state index in [9.17, 15) is 13.5 Å². The van der Waals surface area contributed by atoms with Gasteiger partial charge in [0.05, 0.1) is 5.52 Å². The van der Waals surface area contributed by atoms with Gasteiger partial charge in [-0.05, 0) is 48.2 Å². The van der Waals surface area contributed by atoms with Gasteiger partial charge in [-0.3, -0.25) is 4.98 Å². The number of quaternary nitrogens is 1. The number of nitrogens with zero attached hydrogens (tertiary/aromatic N) is 3. The van der Waals surface area contributed by atoms with E-state index < -0.39 is 16.1 Å². The molecule has 2 unspecified atom stereocenters. The van der Waals surface area contributed by atoms with Gasteiger partial charge in [0.25, 0.3) is 0 Å². The van der Waals surface area contributed by atoms with Crippen LogP contribution in [0, 0.1) is 0 Å². The number of aromatic nitrogens is 2. The Bertz CT molecular complexity index is 1590. The molecule has 5 rings (SSSR count). The summed E-state index contributed by atoms with van der Waals surface area (Å²) in [6, 6.07) is 17.0. The van der Waals surface area contributed by atoms with E-state index in [1.165, 1.54) is 6.26 Å². The molecule has 1 saturated heterocycles. The minimum absolute atomic E-state index is 0.0521. The van der Waals surface area contributed by atoms with Crippen LogP contribution in [0.5, 0.6) is 11.5 Å². The molecular weight excluding hydrogens is 486 g/mol. The third kappa shape index (κ3) is 4.33. The number of benzene rings is 2. The molecule has 2 aromatic heterocycles. The van der Waals surface area contributed by atoms with E-state index in [-0.39, 0.29) is 20.8 Å². The largest absolute Gasteiger partial charge is 0.455 e. The second kappa shape index (κ2) is 8.68. The highest BCUT2D eigenvalue weighted by Crippen LogP contribution is 2.51. The van der Waals surface area contributed by atoms with E-state index in [0.717, 1.165) is 16.5 Å². The van der Waals surface area contributed by atoms with Gasteiger partial charge in [0.2, 0.25) is 6.23 Å². The lowest BCUT2D eigenvalue weighted by Crippen LogP contribution is -2.36. The zero-order valence-electron chi connectivity index (χ0n) is 22.1. The number of fused-ring (bicyclic) bond motifs is 1. The molecule has 1 fully saturated rings. The lowest BCUT2D eigenvalue weighted by Gasteiger charge is -2.29. The van der Waals surface area contributed by atoms with Gasteiger partial charge < -0.3 is 14.4 Å². The third-order valence-electron chi connectivity index (χ3n) is 7.53. The van der Waals surface area contributed by atoms with E-state index in [4.69, 9.17) is 4.74 Å². The summed E-state index contributed by atoms with van der Waals surface area (Å²) in [5.74, 6) is 1.34. The zero-order chi connectivity index (χ0) is 26.8. The van der Waals surface area contributed by atoms with Crippen molar-refractivity contribution >= 4 is 26.4 Å². The molecule has 37 heavy (non-hydrogen) atoms. The fraction of sp³-hybridized carbons (Fsp3) is 0.345. The Balaban J connectivity index is 1.65. The molecule has 4 aromatic rings. The summed E-state index contributed by atoms with van der Waals surface area (Å²) in [5.41, 5.74) is 3.06. The quantitative estimate of drug-likeness (QED) is 0.269. The second-order valence-corrected chi connectivity index (χ2v) is 13.1. The molecule has 2 aromatic carbocycles. The van der Waals surface area contributed by atoms with E-state index >= 15 is 0 Å². The molecular formula is C29H34N3O4S+. The highest BCUT2D eigenvalue weighted by molar-refractivity contribution is 7.90. The number of hydrogen-bond donors (Lipinski definition) is 1. The first-order chi connectivity index (χ1) is 17.3. The number of aliphatic hydroxyl groups excluding tert-OH is 1. The van der Waals surface area contributed by atoms with Gasteiger partial charge in [-0.15, -0.1) is 0 Å². The SMILES string of the molecule is C[C@@H]1C[N+]1(c1cc(C(C)(C)C)ccc1S(C)(=O)=O)C(O)c1cc2cccc(Oc3ccncc3)c2n1C. The van der Waals surface area contributed by atoms with Crippen LogP contribution in [0.25, 0.3) is 10.9 Å². The predicted octanol–water partition coefficient (Wildman–Crippen LogP) is 5.47. The van der Waals surface area contributed by atoms with Crippen LogP contribution in [0.2, 0.25) is 0 Å². The molecule has 0 radical (unpaired) electrons. The molecule has 3 heterocycles. The molecule has 1 aliphatic rings. The van der Waals surface area contributed by atoms with E-state index in [2.05, 4.69) is 32.7 Å². The lowest BCUT2D eigenvalue weighted by molar-refractivity contribution is 0.0683. The number of aryl methyl sites for hydroxylation is 1. The Kier molecular flexibility index (Phi) is 5.97. The lowest BCUT2D eigenvalue weighted by atomic mass is 9.87. The number of sulfone groups is 1. The van der Waals surface area contributed by atoms with Crippen molar-refractivity contribution in [3.8, 4) is 11.5 Å². The van der Waals surface area contributed by atoms with Crippen molar-refractivity contribution < 1.29 is 18.3 Å². The Morgan fingerprint density at radius 3 is 2.38 bits per heavy atom. The maximum Gasteiger partial charge on any atom is 0.238 e. The van der Waals surface area contributed by atoms with Crippen molar-refractivity contribution in [1.29, 1.82) is 0 Å². The van der Waals surface area contributed by atoms with Gasteiger partial charge in [0.15, 0.2) is 21.3 Å². The third-order valence-corrected chi connectivity index (χ3v) is 8.67. The zero-order valence-corrected chi connectivity index (χ0v) is 23.0. The molecule has 1 aliphatic heterocycles. The Morgan fingerprint density at radius 2 is 1.78 bits per heavy atom. The fourth-order valence-corrected chi connectivity index (χ4v) is 6.24. The first kappa shape index (κ1) is 25.4. The van der Waals surface area contributed by atoms with Crippen LogP contribution in [0.3, 0.4) is 0 Å². The Labute approximate surface area is 218 Å². The van der Waals surface area contributed by atoms with Crippen molar-refractivity contribution in [3.63, 3.8) is 0 Å². The molecule has 194 valence electrons. The molecule has 0 amide bonds. The number of rotatable bonds is 6. The van der Waals surface area contributed by atoms with Crippen LogP contribution in [0.1, 0.15) is 45.2 Å². The van der Waals surface area contributed by atoms with Gasteiger partial charge in [-0.25, -0.2) is 12.9 Å². The van der Waals surface area contributed by atoms with Gasteiger partial charge >= 0.3 is 0 Å². The number of para-hydroxylation sites is 1. The first-order valence-corrected chi connectivity index (χ1v) is 14.3. The van der Waals surface area contributed by atoms with E-state index in [0.29, 0.717) is 29.4 Å². The number of ether oxygens (including phenoxy) is 1. The minimum atomic E-state index is -3.51. The molecule has 3 atom stereocenters.